The van der Waals surface area contributed by atoms with E-state index in [-0.39, 0.29) is 5.91 Å². The smallest absolute Gasteiger partial charge is 0.241 e. The minimum absolute atomic E-state index is 0.148. The van der Waals surface area contributed by atoms with Gasteiger partial charge in [-0.25, -0.2) is 4.98 Å². The Morgan fingerprint density at radius 2 is 2.00 bits per heavy atom. The van der Waals surface area contributed by atoms with Gasteiger partial charge in [0.05, 0.1) is 24.1 Å². The maximum absolute atomic E-state index is 11.9. The number of rotatable bonds is 3. The number of hydrogen-bond donors (Lipinski definition) is 1. The second kappa shape index (κ2) is 5.80. The zero-order valence-electron chi connectivity index (χ0n) is 11.1. The van der Waals surface area contributed by atoms with Gasteiger partial charge in [0.2, 0.25) is 5.91 Å². The number of anilines is 1. The number of hydrogen-bond acceptors (Lipinski definition) is 4. The molecule has 1 aromatic rings. The summed E-state index contributed by atoms with van der Waals surface area (Å²) in [5.74, 6) is 0.818. The molecule has 5 heteroatoms. The Morgan fingerprint density at radius 3 is 2.67 bits per heavy atom. The lowest BCUT2D eigenvalue weighted by molar-refractivity contribution is -0.130. The van der Waals surface area contributed by atoms with Crippen LogP contribution < -0.4 is 5.32 Å². The second-order valence-corrected chi connectivity index (χ2v) is 4.72. The Balaban J connectivity index is 1.86. The van der Waals surface area contributed by atoms with Crippen LogP contribution in [0.1, 0.15) is 30.7 Å². The predicted molar refractivity (Wildman–Crippen MR) is 70.4 cm³/mol. The molecule has 0 radical (unpaired) electrons. The van der Waals surface area contributed by atoms with E-state index in [2.05, 4.69) is 15.3 Å². The SMILES string of the molecule is Cc1ncc(NCC(=O)N2CCCCC2)nc1C. The number of likely N-dealkylation sites (tertiary alicyclic amines) is 1. The third-order valence-electron chi connectivity index (χ3n) is 3.32. The standard InChI is InChI=1S/C13H20N4O/c1-10-11(2)16-12(8-14-10)15-9-13(18)17-6-4-3-5-7-17/h8H,3-7,9H2,1-2H3,(H,15,16). The first kappa shape index (κ1) is 12.8. The monoisotopic (exact) mass is 248 g/mol. The molecule has 2 rings (SSSR count). The minimum atomic E-state index is 0.148. The molecule has 1 N–H and O–H groups in total. The third kappa shape index (κ3) is 3.18. The van der Waals surface area contributed by atoms with Gasteiger partial charge in [-0.15, -0.1) is 0 Å². The Kier molecular flexibility index (Phi) is 4.12. The molecule has 2 heterocycles. The molecule has 1 amide bonds. The topological polar surface area (TPSA) is 58.1 Å². The summed E-state index contributed by atoms with van der Waals surface area (Å²) in [4.78, 5) is 22.4. The summed E-state index contributed by atoms with van der Waals surface area (Å²) in [5, 5.41) is 3.04. The first-order chi connectivity index (χ1) is 8.66. The highest BCUT2D eigenvalue weighted by atomic mass is 16.2. The first-order valence-electron chi connectivity index (χ1n) is 6.48. The summed E-state index contributed by atoms with van der Waals surface area (Å²) < 4.78 is 0. The van der Waals surface area contributed by atoms with Crippen LogP contribution in [0.3, 0.4) is 0 Å². The number of aryl methyl sites for hydroxylation is 2. The molecule has 1 aromatic heterocycles. The van der Waals surface area contributed by atoms with Gasteiger partial charge in [0.15, 0.2) is 0 Å². The zero-order valence-corrected chi connectivity index (χ0v) is 11.1. The summed E-state index contributed by atoms with van der Waals surface area (Å²) >= 11 is 0. The van der Waals surface area contributed by atoms with Gasteiger partial charge >= 0.3 is 0 Å². The van der Waals surface area contributed by atoms with Gasteiger partial charge in [-0.3, -0.25) is 9.78 Å². The Morgan fingerprint density at radius 1 is 1.28 bits per heavy atom. The van der Waals surface area contributed by atoms with E-state index in [0.29, 0.717) is 12.4 Å². The summed E-state index contributed by atoms with van der Waals surface area (Å²) in [7, 11) is 0. The van der Waals surface area contributed by atoms with E-state index in [9.17, 15) is 4.79 Å². The van der Waals surface area contributed by atoms with Crippen molar-refractivity contribution in [2.45, 2.75) is 33.1 Å². The van der Waals surface area contributed by atoms with E-state index in [1.807, 2.05) is 18.7 Å². The molecule has 1 aliphatic heterocycles. The van der Waals surface area contributed by atoms with Crippen molar-refractivity contribution in [1.29, 1.82) is 0 Å². The first-order valence-corrected chi connectivity index (χ1v) is 6.48. The maximum atomic E-state index is 11.9. The number of piperidine rings is 1. The molecule has 1 aliphatic rings. The lowest BCUT2D eigenvalue weighted by Gasteiger charge is -2.26. The van der Waals surface area contributed by atoms with Crippen LogP contribution in [0.2, 0.25) is 0 Å². The fraction of sp³-hybridized carbons (Fsp3) is 0.615. The van der Waals surface area contributed by atoms with Gasteiger partial charge in [0.1, 0.15) is 5.82 Å². The summed E-state index contributed by atoms with van der Waals surface area (Å²) in [6.07, 6.45) is 5.15. The molecule has 18 heavy (non-hydrogen) atoms. The molecule has 1 saturated heterocycles. The largest absolute Gasteiger partial charge is 0.360 e. The molecule has 0 bridgehead atoms. The average molecular weight is 248 g/mol. The number of nitrogens with one attached hydrogen (secondary N) is 1. The van der Waals surface area contributed by atoms with Gasteiger partial charge in [-0.05, 0) is 33.1 Å². The molecule has 0 aliphatic carbocycles. The Hall–Kier alpha value is -1.65. The van der Waals surface area contributed by atoms with Gasteiger partial charge in [0, 0.05) is 13.1 Å². The van der Waals surface area contributed by atoms with Gasteiger partial charge < -0.3 is 10.2 Å². The predicted octanol–water partition coefficient (Wildman–Crippen LogP) is 1.52. The Labute approximate surface area is 108 Å². The highest BCUT2D eigenvalue weighted by Crippen LogP contribution is 2.09. The third-order valence-corrected chi connectivity index (χ3v) is 3.32. The van der Waals surface area contributed by atoms with Gasteiger partial charge in [-0.2, -0.15) is 0 Å². The molecule has 5 nitrogen and oxygen atoms in total. The number of carbonyl (C=O) groups excluding carboxylic acids is 1. The molecule has 98 valence electrons. The molecular formula is C13H20N4O. The van der Waals surface area contributed by atoms with Crippen LogP contribution in [0.25, 0.3) is 0 Å². The second-order valence-electron chi connectivity index (χ2n) is 4.72. The molecule has 0 saturated carbocycles. The zero-order chi connectivity index (χ0) is 13.0. The van der Waals surface area contributed by atoms with E-state index in [0.717, 1.165) is 37.3 Å². The van der Waals surface area contributed by atoms with E-state index < -0.39 is 0 Å². The van der Waals surface area contributed by atoms with Crippen LogP contribution in [0, 0.1) is 13.8 Å². The van der Waals surface area contributed by atoms with Crippen LogP contribution >= 0.6 is 0 Å². The average Bonchev–Trinajstić information content (AvgIpc) is 2.41. The van der Waals surface area contributed by atoms with Crippen molar-refractivity contribution in [2.24, 2.45) is 0 Å². The normalized spacial score (nSPS) is 15.6. The lowest BCUT2D eigenvalue weighted by Crippen LogP contribution is -2.39. The van der Waals surface area contributed by atoms with Gasteiger partial charge in [0.25, 0.3) is 0 Å². The van der Waals surface area contributed by atoms with E-state index in [1.54, 1.807) is 6.20 Å². The van der Waals surface area contributed by atoms with E-state index in [1.165, 1.54) is 6.42 Å². The molecule has 1 fully saturated rings. The van der Waals surface area contributed by atoms with Crippen molar-refractivity contribution in [3.8, 4) is 0 Å². The van der Waals surface area contributed by atoms with Crippen LogP contribution in [-0.2, 0) is 4.79 Å². The summed E-state index contributed by atoms with van der Waals surface area (Å²) in [5.41, 5.74) is 1.81. The van der Waals surface area contributed by atoms with Crippen molar-refractivity contribution in [3.05, 3.63) is 17.6 Å². The molecule has 0 aromatic carbocycles. The van der Waals surface area contributed by atoms with Crippen molar-refractivity contribution in [1.82, 2.24) is 14.9 Å². The summed E-state index contributed by atoms with van der Waals surface area (Å²) in [6.45, 7) is 5.92. The molecule has 0 unspecified atom stereocenters. The minimum Gasteiger partial charge on any atom is -0.360 e. The number of amides is 1. The van der Waals surface area contributed by atoms with Crippen molar-refractivity contribution >= 4 is 11.7 Å². The fourth-order valence-corrected chi connectivity index (χ4v) is 2.05. The van der Waals surface area contributed by atoms with Crippen LogP contribution in [0.15, 0.2) is 6.20 Å². The quantitative estimate of drug-likeness (QED) is 0.881. The number of aromatic nitrogens is 2. The van der Waals surface area contributed by atoms with Gasteiger partial charge in [-0.1, -0.05) is 0 Å². The van der Waals surface area contributed by atoms with E-state index >= 15 is 0 Å². The molecular weight excluding hydrogens is 228 g/mol. The maximum Gasteiger partial charge on any atom is 0.241 e. The number of nitrogens with zero attached hydrogens (tertiary/aromatic N) is 3. The van der Waals surface area contributed by atoms with Crippen molar-refractivity contribution < 1.29 is 4.79 Å². The molecule has 0 atom stereocenters. The Bertz CT molecular complexity index is 427. The van der Waals surface area contributed by atoms with Crippen LogP contribution in [-0.4, -0.2) is 40.4 Å². The lowest BCUT2D eigenvalue weighted by atomic mass is 10.1. The summed E-state index contributed by atoms with van der Waals surface area (Å²) in [6, 6.07) is 0. The molecule has 0 spiro atoms. The van der Waals surface area contributed by atoms with Crippen LogP contribution in [0.4, 0.5) is 5.82 Å². The fourth-order valence-electron chi connectivity index (χ4n) is 2.05. The van der Waals surface area contributed by atoms with Crippen molar-refractivity contribution in [2.75, 3.05) is 25.0 Å². The van der Waals surface area contributed by atoms with E-state index in [4.69, 9.17) is 0 Å². The van der Waals surface area contributed by atoms with Crippen molar-refractivity contribution in [3.63, 3.8) is 0 Å². The number of carbonyl (C=O) groups is 1. The van der Waals surface area contributed by atoms with Crippen LogP contribution in [0.5, 0.6) is 0 Å². The highest BCUT2D eigenvalue weighted by Gasteiger charge is 2.16. The highest BCUT2D eigenvalue weighted by molar-refractivity contribution is 5.80.